The third kappa shape index (κ3) is 2.67. The molecule has 0 bridgehead atoms. The van der Waals surface area contributed by atoms with Crippen LogP contribution in [0.3, 0.4) is 0 Å². The van der Waals surface area contributed by atoms with Crippen LogP contribution in [0.2, 0.25) is 0 Å². The standard InChI is InChI=1S/C22H19ClNOP/c23-26(17-19-16-25-18-24-19,20-10-4-1-5-11-20,21-12-6-2-7-13-21)22-14-8-3-9-15-22/h1-16,18H,17H2. The molecule has 0 aliphatic carbocycles. The van der Waals surface area contributed by atoms with E-state index in [9.17, 15) is 0 Å². The molecule has 0 fully saturated rings. The van der Waals surface area contributed by atoms with Crippen LogP contribution >= 0.6 is 17.2 Å². The van der Waals surface area contributed by atoms with Crippen LogP contribution in [0.5, 0.6) is 0 Å². The van der Waals surface area contributed by atoms with Crippen molar-refractivity contribution >= 4 is 33.1 Å². The second kappa shape index (κ2) is 6.72. The first-order chi connectivity index (χ1) is 12.7. The molecule has 1 heterocycles. The molecule has 0 unspecified atom stereocenters. The van der Waals surface area contributed by atoms with Crippen molar-refractivity contribution in [3.8, 4) is 0 Å². The molecule has 4 heteroatoms. The van der Waals surface area contributed by atoms with Crippen LogP contribution in [0.15, 0.2) is 108 Å². The normalized spacial score (nSPS) is 13.0. The summed E-state index contributed by atoms with van der Waals surface area (Å²) in [7, 11) is 0. The number of hydrogen-bond acceptors (Lipinski definition) is 2. The van der Waals surface area contributed by atoms with Gasteiger partial charge in [0.2, 0.25) is 0 Å². The molecule has 0 aliphatic heterocycles. The van der Waals surface area contributed by atoms with Crippen LogP contribution in [0.25, 0.3) is 0 Å². The number of aromatic nitrogens is 1. The molecular weight excluding hydrogens is 361 g/mol. The van der Waals surface area contributed by atoms with E-state index >= 15 is 0 Å². The monoisotopic (exact) mass is 379 g/mol. The summed E-state index contributed by atoms with van der Waals surface area (Å²) in [6.07, 6.45) is 3.76. The van der Waals surface area contributed by atoms with Crippen LogP contribution in [0.4, 0.5) is 0 Å². The molecule has 0 radical (unpaired) electrons. The Bertz CT molecular complexity index is 873. The van der Waals surface area contributed by atoms with Crippen molar-refractivity contribution in [2.45, 2.75) is 6.16 Å². The van der Waals surface area contributed by atoms with Crippen LogP contribution in [-0.2, 0) is 6.16 Å². The van der Waals surface area contributed by atoms with Crippen molar-refractivity contribution in [2.24, 2.45) is 0 Å². The number of halogens is 1. The average molecular weight is 380 g/mol. The number of oxazole rings is 1. The summed E-state index contributed by atoms with van der Waals surface area (Å²) in [6, 6.07) is 31.1. The predicted octanol–water partition coefficient (Wildman–Crippen LogP) is 4.86. The fourth-order valence-corrected chi connectivity index (χ4v) is 9.53. The van der Waals surface area contributed by atoms with Crippen LogP contribution in [-0.4, -0.2) is 4.98 Å². The summed E-state index contributed by atoms with van der Waals surface area (Å²) in [5, 5.41) is 3.38. The molecule has 0 saturated heterocycles. The summed E-state index contributed by atoms with van der Waals surface area (Å²) >= 11 is 7.91. The molecule has 0 amide bonds. The Morgan fingerprint density at radius 2 is 1.12 bits per heavy atom. The van der Waals surface area contributed by atoms with Crippen LogP contribution < -0.4 is 15.9 Å². The summed E-state index contributed by atoms with van der Waals surface area (Å²) in [5.41, 5.74) is 0.856. The Labute approximate surface area is 158 Å². The van der Waals surface area contributed by atoms with Gasteiger partial charge in [-0.15, -0.1) is 0 Å². The summed E-state index contributed by atoms with van der Waals surface area (Å²) in [5.74, 6) is -3.29. The minimum absolute atomic E-state index is 0.599. The van der Waals surface area contributed by atoms with E-state index in [2.05, 4.69) is 41.4 Å². The van der Waals surface area contributed by atoms with E-state index in [-0.39, 0.29) is 0 Å². The van der Waals surface area contributed by atoms with Crippen LogP contribution in [0.1, 0.15) is 5.69 Å². The zero-order chi connectivity index (χ0) is 17.9. The van der Waals surface area contributed by atoms with Crippen molar-refractivity contribution in [1.29, 1.82) is 0 Å². The maximum absolute atomic E-state index is 7.91. The molecule has 26 heavy (non-hydrogen) atoms. The van der Waals surface area contributed by atoms with Gasteiger partial charge in [-0.3, -0.25) is 0 Å². The van der Waals surface area contributed by atoms with E-state index in [0.717, 1.165) is 21.6 Å². The molecule has 0 aliphatic rings. The first-order valence-corrected chi connectivity index (χ1v) is 11.8. The van der Waals surface area contributed by atoms with Crippen molar-refractivity contribution in [2.75, 3.05) is 0 Å². The van der Waals surface area contributed by atoms with Gasteiger partial charge in [0, 0.05) is 0 Å². The zero-order valence-corrected chi connectivity index (χ0v) is 15.9. The Morgan fingerprint density at radius 1 is 0.692 bits per heavy atom. The third-order valence-electron chi connectivity index (χ3n) is 4.83. The van der Waals surface area contributed by atoms with Crippen molar-refractivity contribution in [3.63, 3.8) is 0 Å². The summed E-state index contributed by atoms with van der Waals surface area (Å²) in [4.78, 5) is 4.40. The van der Waals surface area contributed by atoms with Crippen molar-refractivity contribution in [1.82, 2.24) is 4.98 Å². The Morgan fingerprint density at radius 3 is 1.46 bits per heavy atom. The van der Waals surface area contributed by atoms with Crippen molar-refractivity contribution in [3.05, 3.63) is 109 Å². The average Bonchev–Trinajstić information content (AvgIpc) is 3.23. The van der Waals surface area contributed by atoms with E-state index < -0.39 is 5.96 Å². The molecule has 1 aromatic heterocycles. The van der Waals surface area contributed by atoms with Gasteiger partial charge in [0.1, 0.15) is 0 Å². The Kier molecular flexibility index (Phi) is 4.40. The predicted molar refractivity (Wildman–Crippen MR) is 111 cm³/mol. The molecule has 0 saturated carbocycles. The van der Waals surface area contributed by atoms with E-state index in [0.29, 0.717) is 6.16 Å². The first kappa shape index (κ1) is 17.0. The Hall–Kier alpha value is -2.41. The van der Waals surface area contributed by atoms with Gasteiger partial charge in [-0.1, -0.05) is 0 Å². The molecule has 2 nitrogen and oxygen atoms in total. The van der Waals surface area contributed by atoms with Gasteiger partial charge in [-0.05, 0) is 0 Å². The molecule has 4 aromatic rings. The molecule has 0 atom stereocenters. The second-order valence-electron chi connectivity index (χ2n) is 6.33. The molecular formula is C22H19ClNOP. The fraction of sp³-hybridized carbons (Fsp3) is 0.0455. The maximum atomic E-state index is 7.91. The van der Waals surface area contributed by atoms with Crippen LogP contribution in [0, 0.1) is 0 Å². The number of hydrogen-bond donors (Lipinski definition) is 0. The van der Waals surface area contributed by atoms with Gasteiger partial charge < -0.3 is 0 Å². The van der Waals surface area contributed by atoms with Gasteiger partial charge in [0.05, 0.1) is 0 Å². The van der Waals surface area contributed by atoms with E-state index in [4.69, 9.17) is 15.7 Å². The molecule has 3 aromatic carbocycles. The quantitative estimate of drug-likeness (QED) is 0.463. The second-order valence-corrected chi connectivity index (χ2v) is 12.8. The Balaban J connectivity index is 2.10. The number of rotatable bonds is 5. The topological polar surface area (TPSA) is 26.0 Å². The zero-order valence-electron chi connectivity index (χ0n) is 14.2. The molecule has 0 spiro atoms. The number of benzene rings is 3. The van der Waals surface area contributed by atoms with E-state index in [1.165, 1.54) is 6.39 Å². The molecule has 130 valence electrons. The van der Waals surface area contributed by atoms with Gasteiger partial charge >= 0.3 is 158 Å². The summed E-state index contributed by atoms with van der Waals surface area (Å²) in [6.45, 7) is 0. The van der Waals surface area contributed by atoms with E-state index in [1.807, 2.05) is 54.6 Å². The summed E-state index contributed by atoms with van der Waals surface area (Å²) < 4.78 is 5.26. The molecule has 0 N–H and O–H groups in total. The first-order valence-electron chi connectivity index (χ1n) is 8.48. The number of nitrogens with zero attached hydrogens (tertiary/aromatic N) is 1. The van der Waals surface area contributed by atoms with Gasteiger partial charge in [-0.2, -0.15) is 0 Å². The molecule has 4 rings (SSSR count). The van der Waals surface area contributed by atoms with Gasteiger partial charge in [-0.25, -0.2) is 0 Å². The van der Waals surface area contributed by atoms with Gasteiger partial charge in [0.25, 0.3) is 0 Å². The van der Waals surface area contributed by atoms with Gasteiger partial charge in [0.15, 0.2) is 0 Å². The van der Waals surface area contributed by atoms with E-state index in [1.54, 1.807) is 6.26 Å². The SMILES string of the molecule is ClP(Cc1cocn1)(c1ccccc1)(c1ccccc1)c1ccccc1. The third-order valence-corrected chi connectivity index (χ3v) is 12.0. The fourth-order valence-electron chi connectivity index (χ4n) is 3.56. The minimum atomic E-state index is -3.29. The van der Waals surface area contributed by atoms with Crippen molar-refractivity contribution < 1.29 is 4.42 Å².